The minimum Gasteiger partial charge on any atom is -0.450 e. The van der Waals surface area contributed by atoms with E-state index in [-0.39, 0.29) is 30.7 Å². The Bertz CT molecular complexity index is 2170. The van der Waals surface area contributed by atoms with Crippen LogP contribution < -0.4 is 24.8 Å². The van der Waals surface area contributed by atoms with Gasteiger partial charge in [0.05, 0.1) is 35.5 Å². The first-order chi connectivity index (χ1) is 25.6. The van der Waals surface area contributed by atoms with E-state index < -0.39 is 6.03 Å². The van der Waals surface area contributed by atoms with Gasteiger partial charge in [0.1, 0.15) is 22.2 Å². The molecule has 8 rings (SSSR count). The maximum atomic E-state index is 15.2. The molecule has 3 aliphatic heterocycles. The molecule has 276 valence electrons. The maximum Gasteiger partial charge on any atom is 0.328 e. The number of carbonyl (C=O) groups is 2. The molecular formula is C36H40ClFN12O3. The minimum absolute atomic E-state index is 0.197. The lowest BCUT2D eigenvalue weighted by Gasteiger charge is -2.42. The molecule has 53 heavy (non-hydrogen) atoms. The fourth-order valence-electron chi connectivity index (χ4n) is 7.55. The van der Waals surface area contributed by atoms with Crippen molar-refractivity contribution in [3.63, 3.8) is 0 Å². The third kappa shape index (κ3) is 7.08. The number of H-pyrrole nitrogens is 1. The number of urea groups is 1. The molecule has 2 N–H and O–H groups in total. The van der Waals surface area contributed by atoms with Gasteiger partial charge in [-0.05, 0) is 50.8 Å². The second kappa shape index (κ2) is 14.2. The predicted octanol–water partition coefficient (Wildman–Crippen LogP) is 4.92. The summed E-state index contributed by atoms with van der Waals surface area (Å²) in [6.45, 7) is 9.43. The van der Waals surface area contributed by atoms with E-state index in [1.807, 2.05) is 20.2 Å². The highest BCUT2D eigenvalue weighted by molar-refractivity contribution is 6.32. The largest absolute Gasteiger partial charge is 0.450 e. The number of carbonyl (C=O) groups excluding carboxylic acids is 2. The smallest absolute Gasteiger partial charge is 0.328 e. The van der Waals surface area contributed by atoms with Crippen LogP contribution in [0.2, 0.25) is 5.02 Å². The molecule has 7 heterocycles. The number of aromatic nitrogens is 7. The quantitative estimate of drug-likeness (QED) is 0.223. The molecule has 1 atom stereocenters. The van der Waals surface area contributed by atoms with Gasteiger partial charge in [-0.3, -0.25) is 24.6 Å². The predicted molar refractivity (Wildman–Crippen MR) is 198 cm³/mol. The van der Waals surface area contributed by atoms with Crippen LogP contribution >= 0.6 is 11.6 Å². The number of amides is 3. The Balaban J connectivity index is 0.843. The number of rotatable bonds is 8. The summed E-state index contributed by atoms with van der Waals surface area (Å²) < 4.78 is 23.2. The number of ether oxygens (including phenoxy) is 1. The molecule has 3 aliphatic rings. The number of piperazine rings is 1. The number of aromatic amines is 1. The van der Waals surface area contributed by atoms with Crippen LogP contribution in [0.4, 0.5) is 26.5 Å². The van der Waals surface area contributed by atoms with Crippen LogP contribution in [0.15, 0.2) is 43.0 Å². The number of piperidine rings is 1. The average Bonchev–Trinajstić information content (AvgIpc) is 3.72. The molecule has 3 fully saturated rings. The Morgan fingerprint density at radius 3 is 2.53 bits per heavy atom. The number of hydrogen-bond acceptors (Lipinski definition) is 11. The van der Waals surface area contributed by atoms with Crippen LogP contribution in [0, 0.1) is 18.7 Å². The number of benzene rings is 1. The first-order valence-electron chi connectivity index (χ1n) is 17.8. The summed E-state index contributed by atoms with van der Waals surface area (Å²) in [6.07, 6.45) is 8.85. The fraction of sp³-hybridized carbons (Fsp3) is 0.417. The highest BCUT2D eigenvalue weighted by atomic mass is 35.5. The number of pyridine rings is 1. The van der Waals surface area contributed by atoms with Crippen LogP contribution in [-0.2, 0) is 11.8 Å². The van der Waals surface area contributed by atoms with Crippen molar-refractivity contribution in [3.8, 4) is 22.9 Å². The van der Waals surface area contributed by atoms with E-state index in [1.165, 1.54) is 17.2 Å². The van der Waals surface area contributed by atoms with Gasteiger partial charge < -0.3 is 19.5 Å². The van der Waals surface area contributed by atoms with E-state index in [1.54, 1.807) is 29.2 Å². The topological polar surface area (TPSA) is 154 Å². The summed E-state index contributed by atoms with van der Waals surface area (Å²) >= 11 is 6.53. The van der Waals surface area contributed by atoms with Crippen LogP contribution in [0.3, 0.4) is 0 Å². The first kappa shape index (κ1) is 34.7. The van der Waals surface area contributed by atoms with Crippen molar-refractivity contribution < 1.29 is 18.7 Å². The van der Waals surface area contributed by atoms with Gasteiger partial charge in [0.2, 0.25) is 11.9 Å². The van der Waals surface area contributed by atoms with Crippen LogP contribution in [0.5, 0.6) is 11.5 Å². The van der Waals surface area contributed by atoms with Gasteiger partial charge in [0.25, 0.3) is 0 Å². The Kier molecular flexibility index (Phi) is 9.32. The molecule has 0 unspecified atom stereocenters. The molecule has 5 aromatic rings. The summed E-state index contributed by atoms with van der Waals surface area (Å²) in [5, 5.41) is 7.03. The molecule has 0 bridgehead atoms. The lowest BCUT2D eigenvalue weighted by atomic mass is 9.95. The number of anilines is 3. The molecule has 3 amide bonds. The monoisotopic (exact) mass is 742 g/mol. The summed E-state index contributed by atoms with van der Waals surface area (Å²) in [7, 11) is 1.86. The van der Waals surface area contributed by atoms with Crippen molar-refractivity contribution in [1.29, 1.82) is 0 Å². The number of imidazole rings is 1. The van der Waals surface area contributed by atoms with Gasteiger partial charge in [-0.25, -0.2) is 29.1 Å². The molecular weight excluding hydrogens is 703 g/mol. The minimum atomic E-state index is -0.518. The molecule has 4 aromatic heterocycles. The summed E-state index contributed by atoms with van der Waals surface area (Å²) in [4.78, 5) is 53.5. The molecule has 0 radical (unpaired) electrons. The third-order valence-corrected chi connectivity index (χ3v) is 10.5. The lowest BCUT2D eigenvalue weighted by Crippen LogP contribution is -2.54. The van der Waals surface area contributed by atoms with E-state index in [0.717, 1.165) is 63.4 Å². The molecule has 17 heteroatoms. The summed E-state index contributed by atoms with van der Waals surface area (Å²) in [5.41, 5.74) is 3.74. The molecule has 0 aliphatic carbocycles. The zero-order chi connectivity index (χ0) is 36.8. The standard InChI is InChI=1S/C36H40ClFN12O3/c1-21-18-47(19-23-6-9-48(10-7-23)29-5-4-24(14-28(29)38)50-11-8-30(51)42-36(50)52)12-13-49(21)35-40-15-25(16-41-35)53-32-27(37)17-39-34-31(32)43-33(44-34)26-20-46(3)45-22(26)2/h4-5,14-17,20-21,23H,6-13,18-19H2,1-3H3,(H,39,43,44)(H,42,51,52)/t21-/m0/s1. The van der Waals surface area contributed by atoms with Crippen molar-refractivity contribution in [2.24, 2.45) is 13.0 Å². The number of hydrogen-bond donors (Lipinski definition) is 2. The van der Waals surface area contributed by atoms with E-state index in [2.05, 4.69) is 57.0 Å². The van der Waals surface area contributed by atoms with Gasteiger partial charge >= 0.3 is 6.03 Å². The Hall–Kier alpha value is -5.35. The van der Waals surface area contributed by atoms with Gasteiger partial charge in [0.15, 0.2) is 17.1 Å². The van der Waals surface area contributed by atoms with Crippen molar-refractivity contribution in [1.82, 2.24) is 44.9 Å². The fourth-order valence-corrected chi connectivity index (χ4v) is 7.73. The van der Waals surface area contributed by atoms with E-state index >= 15 is 4.39 Å². The second-order valence-electron chi connectivity index (χ2n) is 14.0. The highest BCUT2D eigenvalue weighted by Crippen LogP contribution is 2.36. The molecule has 0 saturated carbocycles. The SMILES string of the molecule is Cc1nn(C)cc1-c1nc2ncc(Cl)c(Oc3cnc(N4CCN(CC5CCN(c6ccc(N7CCC(=O)NC7=O)cc6F)CC5)C[C@@H]4C)nc3)c2[nH]1. The highest BCUT2D eigenvalue weighted by Gasteiger charge is 2.30. The van der Waals surface area contributed by atoms with Gasteiger partial charge in [-0.1, -0.05) is 11.6 Å². The van der Waals surface area contributed by atoms with Crippen molar-refractivity contribution in [3.05, 3.63) is 59.5 Å². The van der Waals surface area contributed by atoms with Gasteiger partial charge in [-0.2, -0.15) is 5.10 Å². The molecule has 1 aromatic carbocycles. The van der Waals surface area contributed by atoms with E-state index in [9.17, 15) is 9.59 Å². The van der Waals surface area contributed by atoms with Crippen molar-refractivity contribution in [2.45, 2.75) is 39.2 Å². The number of fused-ring (bicyclic) bond motifs is 1. The molecule has 0 spiro atoms. The number of nitrogens with zero attached hydrogens (tertiary/aromatic N) is 10. The zero-order valence-electron chi connectivity index (χ0n) is 29.7. The van der Waals surface area contributed by atoms with Crippen molar-refractivity contribution >= 4 is 52.0 Å². The van der Waals surface area contributed by atoms with Gasteiger partial charge in [0, 0.05) is 77.2 Å². The number of imide groups is 1. The molecule has 3 saturated heterocycles. The normalized spacial score (nSPS) is 19.0. The van der Waals surface area contributed by atoms with Gasteiger partial charge in [-0.15, -0.1) is 0 Å². The van der Waals surface area contributed by atoms with E-state index in [4.69, 9.17) is 16.3 Å². The Morgan fingerprint density at radius 1 is 1.04 bits per heavy atom. The Morgan fingerprint density at radius 2 is 1.83 bits per heavy atom. The van der Waals surface area contributed by atoms with Crippen LogP contribution in [0.1, 0.15) is 31.9 Å². The zero-order valence-corrected chi connectivity index (χ0v) is 30.5. The summed E-state index contributed by atoms with van der Waals surface area (Å²) in [6, 6.07) is 4.56. The second-order valence-corrected chi connectivity index (χ2v) is 14.4. The van der Waals surface area contributed by atoms with Crippen LogP contribution in [0.25, 0.3) is 22.6 Å². The lowest BCUT2D eigenvalue weighted by molar-refractivity contribution is -0.120. The first-order valence-corrected chi connectivity index (χ1v) is 18.2. The van der Waals surface area contributed by atoms with E-state index in [0.29, 0.717) is 56.8 Å². The number of nitrogens with one attached hydrogen (secondary N) is 2. The summed E-state index contributed by atoms with van der Waals surface area (Å²) in [5.74, 6) is 1.94. The maximum absolute atomic E-state index is 15.2. The molecule has 15 nitrogen and oxygen atoms in total. The average molecular weight is 743 g/mol. The third-order valence-electron chi connectivity index (χ3n) is 10.3. The van der Waals surface area contributed by atoms with Crippen LogP contribution in [-0.4, -0.2) is 103 Å². The number of aryl methyl sites for hydroxylation is 2. The van der Waals surface area contributed by atoms with Crippen molar-refractivity contribution in [2.75, 3.05) is 60.5 Å². The number of halogens is 2. The Labute approximate surface area is 310 Å².